The van der Waals surface area contributed by atoms with Crippen molar-refractivity contribution in [2.75, 3.05) is 12.0 Å². The SMILES string of the molecule is COC(=O)C1=C(C)N(c2ccc(Cl)cc2)/C(=C/c2cc(C)n(-c3cccc(Br)c3)c2C)C1=O. The van der Waals surface area contributed by atoms with Crippen LogP contribution in [0.4, 0.5) is 5.69 Å². The Morgan fingerprint density at radius 2 is 1.73 bits per heavy atom. The highest BCUT2D eigenvalue weighted by Gasteiger charge is 2.38. The maximum absolute atomic E-state index is 13.4. The third-order valence-corrected chi connectivity index (χ3v) is 6.45. The zero-order valence-corrected chi connectivity index (χ0v) is 21.0. The minimum Gasteiger partial charge on any atom is -0.465 e. The maximum atomic E-state index is 13.4. The maximum Gasteiger partial charge on any atom is 0.343 e. The van der Waals surface area contributed by atoms with Crippen LogP contribution in [0.25, 0.3) is 11.8 Å². The highest BCUT2D eigenvalue weighted by Crippen LogP contribution is 2.37. The number of carbonyl (C=O) groups excluding carboxylic acids is 2. The summed E-state index contributed by atoms with van der Waals surface area (Å²) in [5.74, 6) is -1.03. The fourth-order valence-electron chi connectivity index (χ4n) is 4.18. The second-order valence-electron chi connectivity index (χ2n) is 7.76. The summed E-state index contributed by atoms with van der Waals surface area (Å²) in [6, 6.07) is 17.2. The van der Waals surface area contributed by atoms with E-state index < -0.39 is 5.97 Å². The first-order valence-electron chi connectivity index (χ1n) is 10.3. The fraction of sp³-hybridized carbons (Fsp3) is 0.154. The molecule has 2 heterocycles. The molecular weight excluding hydrogens is 504 g/mol. The molecule has 0 bridgehead atoms. The number of halogens is 2. The Balaban J connectivity index is 1.87. The lowest BCUT2D eigenvalue weighted by Gasteiger charge is -2.21. The van der Waals surface area contributed by atoms with Crippen LogP contribution < -0.4 is 4.90 Å². The zero-order valence-electron chi connectivity index (χ0n) is 18.6. The molecule has 0 atom stereocenters. The van der Waals surface area contributed by atoms with Gasteiger partial charge in [-0.2, -0.15) is 0 Å². The van der Waals surface area contributed by atoms with Gasteiger partial charge < -0.3 is 14.2 Å². The van der Waals surface area contributed by atoms with Crippen molar-refractivity contribution in [3.8, 4) is 5.69 Å². The molecule has 3 aromatic rings. The summed E-state index contributed by atoms with van der Waals surface area (Å²) < 4.78 is 8.00. The van der Waals surface area contributed by atoms with Gasteiger partial charge in [0.05, 0.1) is 12.8 Å². The first-order valence-corrected chi connectivity index (χ1v) is 11.5. The van der Waals surface area contributed by atoms with Crippen LogP contribution in [0.1, 0.15) is 23.9 Å². The van der Waals surface area contributed by atoms with Crippen molar-refractivity contribution < 1.29 is 14.3 Å². The first kappa shape index (κ1) is 23.1. The van der Waals surface area contributed by atoms with Crippen molar-refractivity contribution in [2.24, 2.45) is 0 Å². The van der Waals surface area contributed by atoms with Crippen LogP contribution >= 0.6 is 27.5 Å². The van der Waals surface area contributed by atoms with Crippen LogP contribution in [0.3, 0.4) is 0 Å². The molecule has 1 aromatic heterocycles. The average Bonchev–Trinajstić information content (AvgIpc) is 3.20. The van der Waals surface area contributed by atoms with Gasteiger partial charge in [0.2, 0.25) is 5.78 Å². The van der Waals surface area contributed by atoms with Crippen LogP contribution in [0, 0.1) is 13.8 Å². The first-order chi connectivity index (χ1) is 15.7. The monoisotopic (exact) mass is 524 g/mol. The van der Waals surface area contributed by atoms with E-state index in [1.54, 1.807) is 24.0 Å². The Hall–Kier alpha value is -3.09. The van der Waals surface area contributed by atoms with Gasteiger partial charge in [0.15, 0.2) is 0 Å². The molecule has 1 aliphatic heterocycles. The van der Waals surface area contributed by atoms with E-state index >= 15 is 0 Å². The van der Waals surface area contributed by atoms with Crippen molar-refractivity contribution in [1.82, 2.24) is 4.57 Å². The summed E-state index contributed by atoms with van der Waals surface area (Å²) >= 11 is 9.60. The molecule has 0 radical (unpaired) electrons. The Morgan fingerprint density at radius 3 is 2.36 bits per heavy atom. The van der Waals surface area contributed by atoms with Gasteiger partial charge in [0.25, 0.3) is 0 Å². The largest absolute Gasteiger partial charge is 0.465 e. The Labute approximate surface area is 206 Å². The fourth-order valence-corrected chi connectivity index (χ4v) is 4.69. The van der Waals surface area contributed by atoms with E-state index in [9.17, 15) is 9.59 Å². The normalized spacial score (nSPS) is 15.0. The molecule has 4 rings (SSSR count). The molecule has 0 amide bonds. The number of rotatable bonds is 4. The minimum atomic E-state index is -0.653. The Kier molecular flexibility index (Phi) is 6.32. The van der Waals surface area contributed by atoms with E-state index in [1.807, 2.05) is 62.4 Å². The molecule has 33 heavy (non-hydrogen) atoms. The number of benzene rings is 2. The summed E-state index contributed by atoms with van der Waals surface area (Å²) in [6.45, 7) is 5.77. The summed E-state index contributed by atoms with van der Waals surface area (Å²) in [7, 11) is 1.27. The minimum absolute atomic E-state index is 0.0273. The number of nitrogens with zero attached hydrogens (tertiary/aromatic N) is 2. The number of methoxy groups -OCH3 is 1. The van der Waals surface area contributed by atoms with Gasteiger partial charge in [0, 0.05) is 38.0 Å². The molecule has 168 valence electrons. The van der Waals surface area contributed by atoms with Crippen molar-refractivity contribution in [1.29, 1.82) is 0 Å². The number of allylic oxidation sites excluding steroid dienone is 2. The van der Waals surface area contributed by atoms with Crippen LogP contribution in [-0.4, -0.2) is 23.4 Å². The molecule has 0 unspecified atom stereocenters. The van der Waals surface area contributed by atoms with Crippen molar-refractivity contribution in [2.45, 2.75) is 20.8 Å². The third-order valence-electron chi connectivity index (χ3n) is 5.70. The highest BCUT2D eigenvalue weighted by molar-refractivity contribution is 9.10. The summed E-state index contributed by atoms with van der Waals surface area (Å²) in [4.78, 5) is 27.6. The average molecular weight is 526 g/mol. The van der Waals surface area contributed by atoms with Gasteiger partial charge in [-0.05, 0) is 80.9 Å². The Morgan fingerprint density at radius 1 is 1.03 bits per heavy atom. The van der Waals surface area contributed by atoms with E-state index in [1.165, 1.54) is 7.11 Å². The third kappa shape index (κ3) is 4.16. The van der Waals surface area contributed by atoms with Gasteiger partial charge in [0.1, 0.15) is 5.57 Å². The molecule has 0 spiro atoms. The van der Waals surface area contributed by atoms with Gasteiger partial charge in [-0.15, -0.1) is 0 Å². The second-order valence-corrected chi connectivity index (χ2v) is 9.12. The van der Waals surface area contributed by atoms with Crippen LogP contribution in [0.2, 0.25) is 5.02 Å². The molecular formula is C26H22BrClN2O3. The zero-order chi connectivity index (χ0) is 23.9. The summed E-state index contributed by atoms with van der Waals surface area (Å²) in [5.41, 5.74) is 5.56. The summed E-state index contributed by atoms with van der Waals surface area (Å²) in [6.07, 6.45) is 1.83. The number of hydrogen-bond acceptors (Lipinski definition) is 4. The smallest absolute Gasteiger partial charge is 0.343 e. The number of aryl methyl sites for hydroxylation is 1. The lowest BCUT2D eigenvalue weighted by molar-refractivity contribution is -0.137. The molecule has 2 aromatic carbocycles. The number of anilines is 1. The topological polar surface area (TPSA) is 51.5 Å². The number of carbonyl (C=O) groups is 2. The van der Waals surface area contributed by atoms with Gasteiger partial charge in [-0.25, -0.2) is 4.79 Å². The molecule has 5 nitrogen and oxygen atoms in total. The van der Waals surface area contributed by atoms with Gasteiger partial charge >= 0.3 is 5.97 Å². The molecule has 7 heteroatoms. The van der Waals surface area contributed by atoms with Crippen LogP contribution in [-0.2, 0) is 14.3 Å². The molecule has 0 aliphatic carbocycles. The quantitative estimate of drug-likeness (QED) is 0.225. The molecule has 0 N–H and O–H groups in total. The summed E-state index contributed by atoms with van der Waals surface area (Å²) in [5, 5.41) is 0.585. The standard InChI is InChI=1S/C26H22BrClN2O3/c1-15-12-18(16(2)29(15)22-7-5-6-19(27)14-22)13-23-25(31)24(26(32)33-4)17(3)30(23)21-10-8-20(28)9-11-21/h5-14H,1-4H3/b23-13+. The molecule has 0 saturated carbocycles. The number of Topliss-reactive ketones (excluding diaryl/α,β-unsaturated/α-hetero) is 1. The van der Waals surface area contributed by atoms with Gasteiger partial charge in [-0.3, -0.25) is 4.79 Å². The Bertz CT molecular complexity index is 1340. The molecule has 0 saturated heterocycles. The number of esters is 1. The number of ketones is 1. The number of aromatic nitrogens is 1. The predicted molar refractivity (Wildman–Crippen MR) is 135 cm³/mol. The lowest BCUT2D eigenvalue weighted by atomic mass is 10.1. The van der Waals surface area contributed by atoms with Crippen LogP contribution in [0.5, 0.6) is 0 Å². The highest BCUT2D eigenvalue weighted by atomic mass is 79.9. The van der Waals surface area contributed by atoms with Crippen LogP contribution in [0.15, 0.2) is 76.0 Å². The van der Waals surface area contributed by atoms with E-state index in [4.69, 9.17) is 16.3 Å². The lowest BCUT2D eigenvalue weighted by Crippen LogP contribution is -2.18. The van der Waals surface area contributed by atoms with E-state index in [0.29, 0.717) is 16.4 Å². The number of ether oxygens (including phenoxy) is 1. The molecule has 1 aliphatic rings. The van der Waals surface area contributed by atoms with Crippen molar-refractivity contribution in [3.63, 3.8) is 0 Å². The van der Waals surface area contributed by atoms with E-state index in [2.05, 4.69) is 20.5 Å². The number of hydrogen-bond donors (Lipinski definition) is 0. The second kappa shape index (κ2) is 9.04. The van der Waals surface area contributed by atoms with Crippen molar-refractivity contribution >= 4 is 51.0 Å². The van der Waals surface area contributed by atoms with Crippen molar-refractivity contribution in [3.05, 3.63) is 98.0 Å². The van der Waals surface area contributed by atoms with E-state index in [0.717, 1.165) is 32.8 Å². The molecule has 0 fully saturated rings. The van der Waals surface area contributed by atoms with Gasteiger partial charge in [-0.1, -0.05) is 33.6 Å². The van der Waals surface area contributed by atoms with E-state index in [-0.39, 0.29) is 11.4 Å². The predicted octanol–water partition coefficient (Wildman–Crippen LogP) is 6.39.